The molecule has 1 aromatic heterocycles. The largest absolute Gasteiger partial charge is 0.493 e. The Morgan fingerprint density at radius 2 is 1.66 bits per heavy atom. The van der Waals surface area contributed by atoms with Crippen LogP contribution in [0, 0.1) is 6.92 Å². The van der Waals surface area contributed by atoms with Gasteiger partial charge in [0.1, 0.15) is 5.69 Å². The molecule has 0 saturated carbocycles. The Labute approximate surface area is 184 Å². The zero-order valence-corrected chi connectivity index (χ0v) is 18.9. The fourth-order valence-corrected chi connectivity index (χ4v) is 4.40. The molecule has 0 aliphatic heterocycles. The number of methoxy groups -OCH3 is 4. The molecule has 3 rings (SSSR count). The molecule has 0 spiro atoms. The van der Waals surface area contributed by atoms with Crippen molar-refractivity contribution in [2.45, 2.75) is 11.8 Å². The summed E-state index contributed by atoms with van der Waals surface area (Å²) in [6.45, 7) is 1.70. The van der Waals surface area contributed by atoms with Crippen molar-refractivity contribution < 1.29 is 32.2 Å². The Kier molecular flexibility index (Phi) is 6.30. The predicted octanol–water partition coefficient (Wildman–Crippen LogP) is 2.45. The maximum atomic E-state index is 13.2. The lowest BCUT2D eigenvalue weighted by atomic mass is 10.1. The maximum Gasteiger partial charge on any atom is 0.340 e. The first-order valence-corrected chi connectivity index (χ1v) is 10.7. The Balaban J connectivity index is 2.21. The van der Waals surface area contributed by atoms with Gasteiger partial charge in [-0.3, -0.25) is 9.52 Å². The SMILES string of the molecule is COC(=O)c1cc(OC)c(OC)c(OC)c1NS(=O)(=O)c1ccc2[nH]c(=O)cc(C)c2c1. The van der Waals surface area contributed by atoms with E-state index in [1.165, 1.54) is 51.7 Å². The Hall–Kier alpha value is -3.73. The molecule has 0 fully saturated rings. The summed E-state index contributed by atoms with van der Waals surface area (Å²) >= 11 is 0. The van der Waals surface area contributed by atoms with Crippen molar-refractivity contribution in [3.05, 3.63) is 51.8 Å². The molecule has 2 N–H and O–H groups in total. The molecule has 0 amide bonds. The van der Waals surface area contributed by atoms with Crippen molar-refractivity contribution in [1.29, 1.82) is 0 Å². The summed E-state index contributed by atoms with van der Waals surface area (Å²) in [5, 5.41) is 0.556. The number of sulfonamides is 1. The quantitative estimate of drug-likeness (QED) is 0.512. The monoisotopic (exact) mass is 462 g/mol. The molecule has 3 aromatic rings. The molecule has 0 aliphatic carbocycles. The van der Waals surface area contributed by atoms with Crippen molar-refractivity contribution in [3.8, 4) is 17.2 Å². The fourth-order valence-electron chi connectivity index (χ4n) is 3.29. The molecule has 0 atom stereocenters. The number of carbonyl (C=O) groups is 1. The van der Waals surface area contributed by atoms with Crippen LogP contribution >= 0.6 is 0 Å². The van der Waals surface area contributed by atoms with Gasteiger partial charge in [0.2, 0.25) is 11.3 Å². The zero-order valence-electron chi connectivity index (χ0n) is 18.1. The molecule has 1 heterocycles. The number of hydrogen-bond donors (Lipinski definition) is 2. The van der Waals surface area contributed by atoms with Gasteiger partial charge in [0.05, 0.1) is 38.9 Å². The van der Waals surface area contributed by atoms with Gasteiger partial charge in [-0.1, -0.05) is 0 Å². The number of nitrogens with one attached hydrogen (secondary N) is 2. The topological polar surface area (TPSA) is 133 Å². The van der Waals surface area contributed by atoms with Crippen LogP contribution in [0.5, 0.6) is 17.2 Å². The molecule has 11 heteroatoms. The number of aromatic amines is 1. The van der Waals surface area contributed by atoms with Crippen LogP contribution in [0.15, 0.2) is 40.0 Å². The molecule has 2 aromatic carbocycles. The smallest absolute Gasteiger partial charge is 0.340 e. The highest BCUT2D eigenvalue weighted by molar-refractivity contribution is 7.92. The number of carbonyl (C=O) groups excluding carboxylic acids is 1. The van der Waals surface area contributed by atoms with Crippen LogP contribution in [-0.2, 0) is 14.8 Å². The summed E-state index contributed by atoms with van der Waals surface area (Å²) in [5.41, 5.74) is 0.510. The first-order chi connectivity index (χ1) is 15.2. The summed E-state index contributed by atoms with van der Waals surface area (Å²) in [6, 6.07) is 6.92. The van der Waals surface area contributed by atoms with E-state index in [1.807, 2.05) is 0 Å². The second-order valence-electron chi connectivity index (χ2n) is 6.69. The van der Waals surface area contributed by atoms with Crippen LogP contribution in [0.2, 0.25) is 0 Å². The van der Waals surface area contributed by atoms with Crippen molar-refractivity contribution in [2.24, 2.45) is 0 Å². The first-order valence-electron chi connectivity index (χ1n) is 9.24. The minimum absolute atomic E-state index is 0.0582. The van der Waals surface area contributed by atoms with Gasteiger partial charge in [0, 0.05) is 23.0 Å². The van der Waals surface area contributed by atoms with Gasteiger partial charge in [0.15, 0.2) is 11.5 Å². The molecule has 0 aliphatic rings. The van der Waals surface area contributed by atoms with E-state index in [4.69, 9.17) is 18.9 Å². The molecule has 10 nitrogen and oxygen atoms in total. The Morgan fingerprint density at radius 3 is 2.25 bits per heavy atom. The van der Waals surface area contributed by atoms with Gasteiger partial charge >= 0.3 is 5.97 Å². The average Bonchev–Trinajstić information content (AvgIpc) is 2.77. The summed E-state index contributed by atoms with van der Waals surface area (Å²) in [5.74, 6) is -0.628. The number of anilines is 1. The molecule has 32 heavy (non-hydrogen) atoms. The number of rotatable bonds is 7. The number of ether oxygens (including phenoxy) is 4. The van der Waals surface area contributed by atoms with Gasteiger partial charge in [-0.25, -0.2) is 13.2 Å². The van der Waals surface area contributed by atoms with Crippen LogP contribution in [0.3, 0.4) is 0 Å². The van der Waals surface area contributed by atoms with Crippen LogP contribution in [0.25, 0.3) is 10.9 Å². The Morgan fingerprint density at radius 1 is 0.969 bits per heavy atom. The van der Waals surface area contributed by atoms with Gasteiger partial charge in [-0.05, 0) is 30.7 Å². The predicted molar refractivity (Wildman–Crippen MR) is 118 cm³/mol. The van der Waals surface area contributed by atoms with Gasteiger partial charge in [-0.15, -0.1) is 0 Å². The number of fused-ring (bicyclic) bond motifs is 1. The second-order valence-corrected chi connectivity index (χ2v) is 8.37. The highest BCUT2D eigenvalue weighted by Gasteiger charge is 2.28. The Bertz CT molecular complexity index is 1360. The normalized spacial score (nSPS) is 11.2. The number of benzene rings is 2. The van der Waals surface area contributed by atoms with E-state index < -0.39 is 16.0 Å². The number of aryl methyl sites for hydroxylation is 1. The van der Waals surface area contributed by atoms with Gasteiger partial charge in [0.25, 0.3) is 10.0 Å². The van der Waals surface area contributed by atoms with Crippen molar-refractivity contribution in [2.75, 3.05) is 33.2 Å². The van der Waals surface area contributed by atoms with Crippen LogP contribution < -0.4 is 24.5 Å². The van der Waals surface area contributed by atoms with Gasteiger partial charge in [-0.2, -0.15) is 0 Å². The van der Waals surface area contributed by atoms with E-state index in [2.05, 4.69) is 9.71 Å². The number of aromatic nitrogens is 1. The fraction of sp³-hybridized carbons (Fsp3) is 0.238. The summed E-state index contributed by atoms with van der Waals surface area (Å²) in [7, 11) is 0.977. The van der Waals surface area contributed by atoms with E-state index in [0.29, 0.717) is 16.5 Å². The third kappa shape index (κ3) is 4.06. The number of pyridine rings is 1. The second kappa shape index (κ2) is 8.79. The summed E-state index contributed by atoms with van der Waals surface area (Å²) in [6.07, 6.45) is 0. The molecular formula is C21H22N2O8S. The van der Waals surface area contributed by atoms with E-state index in [1.54, 1.807) is 6.92 Å². The molecule has 0 saturated heterocycles. The average molecular weight is 462 g/mol. The summed E-state index contributed by atoms with van der Waals surface area (Å²) < 4.78 is 49.6. The van der Waals surface area contributed by atoms with Crippen molar-refractivity contribution in [1.82, 2.24) is 4.98 Å². The van der Waals surface area contributed by atoms with Crippen molar-refractivity contribution >= 4 is 32.6 Å². The third-order valence-corrected chi connectivity index (χ3v) is 6.15. The number of hydrogen-bond acceptors (Lipinski definition) is 8. The number of H-pyrrole nitrogens is 1. The lowest BCUT2D eigenvalue weighted by molar-refractivity contribution is 0.0601. The lowest BCUT2D eigenvalue weighted by Gasteiger charge is -2.20. The zero-order chi connectivity index (χ0) is 23.6. The van der Waals surface area contributed by atoms with Crippen LogP contribution in [0.1, 0.15) is 15.9 Å². The molecule has 0 radical (unpaired) electrons. The standard InChI is InChI=1S/C21H22N2O8S/c1-11-8-17(24)22-15-7-6-12(9-13(11)15)32(26,27)23-18-14(21(25)31-5)10-16(28-2)19(29-3)20(18)30-4/h6-10,23H,1-5H3,(H,22,24). The molecule has 0 bridgehead atoms. The number of esters is 1. The minimum Gasteiger partial charge on any atom is -0.493 e. The van der Waals surface area contributed by atoms with Gasteiger partial charge < -0.3 is 23.9 Å². The van der Waals surface area contributed by atoms with Crippen LogP contribution in [-0.4, -0.2) is 47.8 Å². The van der Waals surface area contributed by atoms with E-state index in [-0.39, 0.29) is 39.0 Å². The third-order valence-electron chi connectivity index (χ3n) is 4.80. The molecule has 0 unspecified atom stereocenters. The molecular weight excluding hydrogens is 440 g/mol. The minimum atomic E-state index is -4.20. The van der Waals surface area contributed by atoms with Crippen LogP contribution in [0.4, 0.5) is 5.69 Å². The lowest BCUT2D eigenvalue weighted by Crippen LogP contribution is -2.18. The van der Waals surface area contributed by atoms with E-state index in [0.717, 1.165) is 7.11 Å². The molecule has 170 valence electrons. The highest BCUT2D eigenvalue weighted by Crippen LogP contribution is 2.46. The first kappa shape index (κ1) is 22.9. The van der Waals surface area contributed by atoms with E-state index in [9.17, 15) is 18.0 Å². The maximum absolute atomic E-state index is 13.2. The highest BCUT2D eigenvalue weighted by atomic mass is 32.2. The summed E-state index contributed by atoms with van der Waals surface area (Å²) in [4.78, 5) is 26.6. The van der Waals surface area contributed by atoms with Crippen molar-refractivity contribution in [3.63, 3.8) is 0 Å². The van der Waals surface area contributed by atoms with E-state index >= 15 is 0 Å².